The first-order valence-electron chi connectivity index (χ1n) is 7.33. The predicted molar refractivity (Wildman–Crippen MR) is 80.0 cm³/mol. The number of hydrogen-bond donors (Lipinski definition) is 3. The number of hydrogen-bond acceptors (Lipinski definition) is 3. The van der Waals surface area contributed by atoms with E-state index in [1.54, 1.807) is 6.07 Å². The maximum absolute atomic E-state index is 11.8. The summed E-state index contributed by atoms with van der Waals surface area (Å²) in [5, 5.41) is 21.9. The molecule has 1 atom stereocenters. The molecular weight excluding hydrogens is 254 g/mol. The molecule has 3 N–H and O–H groups in total. The Hall–Kier alpha value is -1.71. The summed E-state index contributed by atoms with van der Waals surface area (Å²) in [6, 6.07) is 4.48. The average Bonchev–Trinajstić information content (AvgIpc) is 2.38. The van der Waals surface area contributed by atoms with Crippen molar-refractivity contribution in [2.45, 2.75) is 51.9 Å². The molecule has 4 nitrogen and oxygen atoms in total. The minimum atomic E-state index is -0.0776. The Kier molecular flexibility index (Phi) is 6.91. The molecule has 0 aromatic heterocycles. The Balaban J connectivity index is 2.37. The first kappa shape index (κ1) is 16.3. The number of amides is 1. The maximum Gasteiger partial charge on any atom is 0.220 e. The normalized spacial score (nSPS) is 12.1. The number of rotatable bonds is 8. The van der Waals surface area contributed by atoms with Crippen molar-refractivity contribution in [1.82, 2.24) is 5.32 Å². The van der Waals surface area contributed by atoms with Crippen LogP contribution in [0.2, 0.25) is 0 Å². The van der Waals surface area contributed by atoms with Crippen LogP contribution in [0, 0.1) is 0 Å². The highest BCUT2D eigenvalue weighted by Crippen LogP contribution is 2.30. The summed E-state index contributed by atoms with van der Waals surface area (Å²) in [5.41, 5.74) is 0.684. The second kappa shape index (κ2) is 8.46. The smallest absolute Gasteiger partial charge is 0.220 e. The van der Waals surface area contributed by atoms with E-state index in [0.717, 1.165) is 12.8 Å². The van der Waals surface area contributed by atoms with Gasteiger partial charge in [-0.3, -0.25) is 4.79 Å². The monoisotopic (exact) mass is 279 g/mol. The number of aromatic hydroxyl groups is 2. The van der Waals surface area contributed by atoms with Gasteiger partial charge < -0.3 is 15.5 Å². The number of carbonyl (C=O) groups excluding carboxylic acids is 1. The molecule has 0 saturated heterocycles. The van der Waals surface area contributed by atoms with E-state index in [4.69, 9.17) is 0 Å². The SMILES string of the molecule is CCCCCCNC(=O)CC(C)c1ccc(O)cc1O. The van der Waals surface area contributed by atoms with Crippen molar-refractivity contribution in [1.29, 1.82) is 0 Å². The van der Waals surface area contributed by atoms with Gasteiger partial charge in [0, 0.05) is 19.0 Å². The van der Waals surface area contributed by atoms with Crippen molar-refractivity contribution in [3.63, 3.8) is 0 Å². The van der Waals surface area contributed by atoms with Crippen LogP contribution in [0.5, 0.6) is 11.5 Å². The molecule has 4 heteroatoms. The summed E-state index contributed by atoms with van der Waals surface area (Å²) in [6.07, 6.45) is 4.88. The standard InChI is InChI=1S/C16H25NO3/c1-3-4-5-6-9-17-16(20)10-12(2)14-8-7-13(18)11-15(14)19/h7-8,11-12,18-19H,3-6,9-10H2,1-2H3,(H,17,20). The van der Waals surface area contributed by atoms with Gasteiger partial charge in [-0.15, -0.1) is 0 Å². The Morgan fingerprint density at radius 2 is 2.00 bits per heavy atom. The van der Waals surface area contributed by atoms with E-state index >= 15 is 0 Å². The van der Waals surface area contributed by atoms with E-state index < -0.39 is 0 Å². The molecule has 0 aliphatic heterocycles. The van der Waals surface area contributed by atoms with Crippen LogP contribution in [0.1, 0.15) is 57.4 Å². The molecular formula is C16H25NO3. The van der Waals surface area contributed by atoms with Crippen molar-refractivity contribution in [2.24, 2.45) is 0 Å². The molecule has 1 aromatic carbocycles. The predicted octanol–water partition coefficient (Wildman–Crippen LogP) is 3.29. The second-order valence-electron chi connectivity index (χ2n) is 5.26. The van der Waals surface area contributed by atoms with E-state index in [1.165, 1.54) is 25.0 Å². The topological polar surface area (TPSA) is 69.6 Å². The molecule has 0 radical (unpaired) electrons. The van der Waals surface area contributed by atoms with Gasteiger partial charge in [0.1, 0.15) is 11.5 Å². The van der Waals surface area contributed by atoms with Crippen molar-refractivity contribution < 1.29 is 15.0 Å². The van der Waals surface area contributed by atoms with Crippen LogP contribution in [0.3, 0.4) is 0 Å². The highest BCUT2D eigenvalue weighted by molar-refractivity contribution is 5.76. The molecule has 1 amide bonds. The zero-order valence-electron chi connectivity index (χ0n) is 12.4. The first-order chi connectivity index (χ1) is 9.54. The van der Waals surface area contributed by atoms with Gasteiger partial charge in [0.15, 0.2) is 0 Å². The summed E-state index contributed by atoms with van der Waals surface area (Å²) in [7, 11) is 0. The van der Waals surface area contributed by atoms with E-state index in [9.17, 15) is 15.0 Å². The number of benzene rings is 1. The van der Waals surface area contributed by atoms with Crippen LogP contribution in [0.15, 0.2) is 18.2 Å². The molecule has 0 heterocycles. The molecule has 0 spiro atoms. The second-order valence-corrected chi connectivity index (χ2v) is 5.26. The van der Waals surface area contributed by atoms with Crippen LogP contribution in [0.25, 0.3) is 0 Å². The van der Waals surface area contributed by atoms with Crippen molar-refractivity contribution in [2.75, 3.05) is 6.54 Å². The minimum Gasteiger partial charge on any atom is -0.508 e. The molecule has 112 valence electrons. The Morgan fingerprint density at radius 1 is 1.25 bits per heavy atom. The van der Waals surface area contributed by atoms with Gasteiger partial charge in [-0.1, -0.05) is 39.2 Å². The summed E-state index contributed by atoms with van der Waals surface area (Å²) >= 11 is 0. The lowest BCUT2D eigenvalue weighted by Gasteiger charge is -2.13. The summed E-state index contributed by atoms with van der Waals surface area (Å²) in [5.74, 6) is -0.0141. The van der Waals surface area contributed by atoms with Crippen LogP contribution < -0.4 is 5.32 Å². The van der Waals surface area contributed by atoms with Gasteiger partial charge in [-0.05, 0) is 24.0 Å². The number of unbranched alkanes of at least 4 members (excludes halogenated alkanes) is 3. The third-order valence-corrected chi connectivity index (χ3v) is 3.39. The zero-order valence-corrected chi connectivity index (χ0v) is 12.4. The lowest BCUT2D eigenvalue weighted by atomic mass is 9.96. The maximum atomic E-state index is 11.8. The van der Waals surface area contributed by atoms with E-state index in [-0.39, 0.29) is 23.3 Å². The highest BCUT2D eigenvalue weighted by atomic mass is 16.3. The Morgan fingerprint density at radius 3 is 2.65 bits per heavy atom. The van der Waals surface area contributed by atoms with Crippen molar-refractivity contribution in [3.05, 3.63) is 23.8 Å². The lowest BCUT2D eigenvalue weighted by molar-refractivity contribution is -0.121. The first-order valence-corrected chi connectivity index (χ1v) is 7.33. The fourth-order valence-corrected chi connectivity index (χ4v) is 2.19. The molecule has 0 fully saturated rings. The Labute approximate surface area is 120 Å². The van der Waals surface area contributed by atoms with Crippen molar-refractivity contribution in [3.8, 4) is 11.5 Å². The molecule has 0 bridgehead atoms. The molecule has 0 aliphatic rings. The van der Waals surface area contributed by atoms with Gasteiger partial charge in [0.25, 0.3) is 0 Å². The third kappa shape index (κ3) is 5.51. The van der Waals surface area contributed by atoms with Gasteiger partial charge in [0.2, 0.25) is 5.91 Å². The minimum absolute atomic E-state index is 0.00136. The summed E-state index contributed by atoms with van der Waals surface area (Å²) in [6.45, 7) is 4.76. The average molecular weight is 279 g/mol. The number of phenols is 2. The van der Waals surface area contributed by atoms with E-state index in [1.807, 2.05) is 6.92 Å². The van der Waals surface area contributed by atoms with Crippen LogP contribution in [-0.4, -0.2) is 22.7 Å². The van der Waals surface area contributed by atoms with Crippen LogP contribution in [0.4, 0.5) is 0 Å². The number of phenolic OH excluding ortho intramolecular Hbond substituents is 2. The third-order valence-electron chi connectivity index (χ3n) is 3.39. The van der Waals surface area contributed by atoms with Gasteiger partial charge in [0.05, 0.1) is 0 Å². The molecule has 1 aromatic rings. The van der Waals surface area contributed by atoms with Crippen LogP contribution >= 0.6 is 0 Å². The van der Waals surface area contributed by atoms with Gasteiger partial charge >= 0.3 is 0 Å². The molecule has 1 unspecified atom stereocenters. The van der Waals surface area contributed by atoms with Gasteiger partial charge in [-0.25, -0.2) is 0 Å². The Bertz CT molecular complexity index is 432. The fourth-order valence-electron chi connectivity index (χ4n) is 2.19. The van der Waals surface area contributed by atoms with Crippen molar-refractivity contribution >= 4 is 5.91 Å². The summed E-state index contributed by atoms with van der Waals surface area (Å²) < 4.78 is 0. The van der Waals surface area contributed by atoms with Crippen LogP contribution in [-0.2, 0) is 4.79 Å². The van der Waals surface area contributed by atoms with E-state index in [2.05, 4.69) is 12.2 Å². The zero-order chi connectivity index (χ0) is 15.0. The highest BCUT2D eigenvalue weighted by Gasteiger charge is 2.14. The molecule has 1 rings (SSSR count). The molecule has 0 aliphatic carbocycles. The molecule has 0 saturated carbocycles. The number of carbonyl (C=O) groups is 1. The van der Waals surface area contributed by atoms with Gasteiger partial charge in [-0.2, -0.15) is 0 Å². The number of nitrogens with one attached hydrogen (secondary N) is 1. The quantitative estimate of drug-likeness (QED) is 0.639. The molecule has 20 heavy (non-hydrogen) atoms. The lowest BCUT2D eigenvalue weighted by Crippen LogP contribution is -2.25. The summed E-state index contributed by atoms with van der Waals surface area (Å²) in [4.78, 5) is 11.8. The van der Waals surface area contributed by atoms with E-state index in [0.29, 0.717) is 18.5 Å². The largest absolute Gasteiger partial charge is 0.508 e. The fraction of sp³-hybridized carbons (Fsp3) is 0.562.